The number of benzene rings is 2. The summed E-state index contributed by atoms with van der Waals surface area (Å²) in [6, 6.07) is 15.3. The summed E-state index contributed by atoms with van der Waals surface area (Å²) in [6.07, 6.45) is 2.41. The molecule has 2 aromatic rings. The molecule has 30 heavy (non-hydrogen) atoms. The number of alkyl halides is 1. The Labute approximate surface area is 177 Å². The zero-order valence-corrected chi connectivity index (χ0v) is 17.9. The second kappa shape index (κ2) is 12.7. The third kappa shape index (κ3) is 8.29. The van der Waals surface area contributed by atoms with E-state index in [2.05, 4.69) is 40.2 Å². The molecule has 3 rings (SSSR count). The van der Waals surface area contributed by atoms with Gasteiger partial charge in [0.2, 0.25) is 6.41 Å². The third-order valence-corrected chi connectivity index (χ3v) is 4.74. The van der Waals surface area contributed by atoms with E-state index < -0.39 is 11.5 Å². The summed E-state index contributed by atoms with van der Waals surface area (Å²) < 4.78 is 28.0. The molecule has 1 atom stereocenters. The Bertz CT molecular complexity index is 779. The topological polar surface area (TPSA) is 82.2 Å². The molecule has 7 heteroatoms. The molecule has 1 heterocycles. The number of halogens is 2. The quantitative estimate of drug-likeness (QED) is 0.391. The smallest absolute Gasteiger partial charge is 0.206 e. The van der Waals surface area contributed by atoms with E-state index in [9.17, 15) is 8.78 Å². The highest BCUT2D eigenvalue weighted by atomic mass is 19.1. The molecule has 2 aromatic carbocycles. The molecule has 164 valence electrons. The summed E-state index contributed by atoms with van der Waals surface area (Å²) in [6.45, 7) is 5.70. The number of nitrogens with one attached hydrogen (secondary N) is 2. The van der Waals surface area contributed by atoms with Crippen LogP contribution < -0.4 is 11.1 Å². The molecule has 1 saturated heterocycles. The van der Waals surface area contributed by atoms with Crippen LogP contribution >= 0.6 is 0 Å². The Morgan fingerprint density at radius 3 is 2.40 bits per heavy atom. The van der Waals surface area contributed by atoms with E-state index in [-0.39, 0.29) is 5.56 Å². The van der Waals surface area contributed by atoms with Gasteiger partial charge in [-0.2, -0.15) is 0 Å². The first-order valence-corrected chi connectivity index (χ1v) is 9.83. The molecular weight excluding hydrogens is 386 g/mol. The van der Waals surface area contributed by atoms with Gasteiger partial charge in [0.25, 0.3) is 0 Å². The van der Waals surface area contributed by atoms with Crippen LogP contribution in [-0.2, 0) is 17.0 Å². The SMILES string of the molecule is CC(C)(F)c1cc(C2CCN(Cc3ccccc3)C2)ccc1F.CNC=O.N=CN. The standard InChI is InChI=1S/C20H23F2N.C2H5NO.CH4N2/c1-20(2,22)18-12-16(8-9-19(18)21)17-10-11-23(14-17)13-15-6-4-3-5-7-15;1-3-2-4;2-1-3/h3-9,12,17H,10-11,13-14H2,1-2H3;2H,1H3,(H,3,4);1H,(H3,2,3). The van der Waals surface area contributed by atoms with E-state index in [1.807, 2.05) is 6.07 Å². The van der Waals surface area contributed by atoms with Crippen LogP contribution in [0.15, 0.2) is 48.5 Å². The molecule has 0 spiro atoms. The molecule has 0 radical (unpaired) electrons. The lowest BCUT2D eigenvalue weighted by Gasteiger charge is -2.19. The maximum absolute atomic E-state index is 14.2. The van der Waals surface area contributed by atoms with Crippen molar-refractivity contribution >= 4 is 12.7 Å². The van der Waals surface area contributed by atoms with E-state index >= 15 is 0 Å². The van der Waals surface area contributed by atoms with Crippen LogP contribution in [0.25, 0.3) is 0 Å². The minimum Gasteiger partial charge on any atom is -0.390 e. The van der Waals surface area contributed by atoms with Gasteiger partial charge in [0.05, 0.1) is 6.34 Å². The van der Waals surface area contributed by atoms with Gasteiger partial charge in [-0.05, 0) is 56.0 Å². The highest BCUT2D eigenvalue weighted by Gasteiger charge is 2.28. The maximum atomic E-state index is 14.2. The summed E-state index contributed by atoms with van der Waals surface area (Å²) in [5, 5.41) is 8.11. The largest absolute Gasteiger partial charge is 0.390 e. The van der Waals surface area contributed by atoms with Crippen molar-refractivity contribution in [2.24, 2.45) is 5.73 Å². The number of nitrogens with zero attached hydrogens (tertiary/aromatic N) is 1. The molecule has 0 saturated carbocycles. The average molecular weight is 419 g/mol. The van der Waals surface area contributed by atoms with Gasteiger partial charge in [-0.15, -0.1) is 0 Å². The van der Waals surface area contributed by atoms with Crippen molar-refractivity contribution in [3.05, 3.63) is 71.0 Å². The number of rotatable bonds is 5. The van der Waals surface area contributed by atoms with Gasteiger partial charge in [-0.25, -0.2) is 8.78 Å². The van der Waals surface area contributed by atoms with Crippen LogP contribution in [0.4, 0.5) is 8.78 Å². The van der Waals surface area contributed by atoms with E-state index in [4.69, 9.17) is 10.2 Å². The molecule has 1 fully saturated rings. The van der Waals surface area contributed by atoms with Crippen LogP contribution in [-0.4, -0.2) is 37.8 Å². The number of carbonyl (C=O) groups is 1. The first kappa shape index (κ1) is 25.2. The summed E-state index contributed by atoms with van der Waals surface area (Å²) in [5.74, 6) is -0.110. The summed E-state index contributed by atoms with van der Waals surface area (Å²) in [5.41, 5.74) is 5.25. The summed E-state index contributed by atoms with van der Waals surface area (Å²) >= 11 is 0. The molecule has 1 unspecified atom stereocenters. The van der Waals surface area contributed by atoms with Crippen LogP contribution in [0.3, 0.4) is 0 Å². The van der Waals surface area contributed by atoms with Gasteiger partial charge >= 0.3 is 0 Å². The van der Waals surface area contributed by atoms with Gasteiger partial charge in [0.1, 0.15) is 11.5 Å². The van der Waals surface area contributed by atoms with Gasteiger partial charge in [-0.1, -0.05) is 36.4 Å². The van der Waals surface area contributed by atoms with Crippen LogP contribution in [0.2, 0.25) is 0 Å². The predicted molar refractivity (Wildman–Crippen MR) is 118 cm³/mol. The average Bonchev–Trinajstić information content (AvgIpc) is 3.17. The third-order valence-electron chi connectivity index (χ3n) is 4.74. The number of hydrogen-bond acceptors (Lipinski definition) is 3. The predicted octanol–water partition coefficient (Wildman–Crippen LogP) is 3.93. The van der Waals surface area contributed by atoms with Gasteiger partial charge in [0, 0.05) is 25.7 Å². The number of likely N-dealkylation sites (tertiary alicyclic amines) is 1. The molecule has 0 bridgehead atoms. The van der Waals surface area contributed by atoms with E-state index in [0.717, 1.165) is 38.0 Å². The van der Waals surface area contributed by atoms with E-state index in [1.165, 1.54) is 25.5 Å². The van der Waals surface area contributed by atoms with Crippen LogP contribution in [0.5, 0.6) is 0 Å². The van der Waals surface area contributed by atoms with Crippen molar-refractivity contribution in [1.29, 1.82) is 5.41 Å². The fourth-order valence-corrected chi connectivity index (χ4v) is 3.34. The maximum Gasteiger partial charge on any atom is 0.206 e. The lowest BCUT2D eigenvalue weighted by molar-refractivity contribution is -0.109. The minimum atomic E-state index is -1.65. The number of hydrogen-bond donors (Lipinski definition) is 3. The molecule has 0 aliphatic carbocycles. The molecular formula is C23H32F2N4O. The van der Waals surface area contributed by atoms with Crippen molar-refractivity contribution in [1.82, 2.24) is 10.2 Å². The second-order valence-corrected chi connectivity index (χ2v) is 7.49. The Balaban J connectivity index is 0.000000564. The van der Waals surface area contributed by atoms with E-state index in [1.54, 1.807) is 19.2 Å². The molecule has 1 aliphatic rings. The zero-order valence-electron chi connectivity index (χ0n) is 17.9. The molecule has 1 amide bonds. The van der Waals surface area contributed by atoms with E-state index in [0.29, 0.717) is 12.3 Å². The van der Waals surface area contributed by atoms with Gasteiger partial charge in [0.15, 0.2) is 0 Å². The second-order valence-electron chi connectivity index (χ2n) is 7.49. The monoisotopic (exact) mass is 418 g/mol. The Morgan fingerprint density at radius 1 is 1.27 bits per heavy atom. The van der Waals surface area contributed by atoms with Gasteiger partial charge < -0.3 is 11.1 Å². The summed E-state index contributed by atoms with van der Waals surface area (Å²) in [4.78, 5) is 11.5. The van der Waals surface area contributed by atoms with Crippen molar-refractivity contribution in [3.8, 4) is 0 Å². The fourth-order valence-electron chi connectivity index (χ4n) is 3.34. The highest BCUT2D eigenvalue weighted by Crippen LogP contribution is 2.33. The minimum absolute atomic E-state index is 0.163. The summed E-state index contributed by atoms with van der Waals surface area (Å²) in [7, 11) is 1.56. The highest BCUT2D eigenvalue weighted by molar-refractivity contribution is 5.46. The Hall–Kier alpha value is -2.80. The van der Waals surface area contributed by atoms with Crippen molar-refractivity contribution in [2.75, 3.05) is 20.1 Å². The van der Waals surface area contributed by atoms with Crippen LogP contribution in [0, 0.1) is 11.2 Å². The lowest BCUT2D eigenvalue weighted by Crippen LogP contribution is -2.20. The number of amides is 1. The first-order valence-electron chi connectivity index (χ1n) is 9.83. The fraction of sp³-hybridized carbons (Fsp3) is 0.391. The van der Waals surface area contributed by atoms with Crippen LogP contribution in [0.1, 0.15) is 42.9 Å². The lowest BCUT2D eigenvalue weighted by atomic mass is 9.91. The number of nitrogens with two attached hydrogens (primary N) is 1. The first-order chi connectivity index (χ1) is 14.3. The zero-order chi connectivity index (χ0) is 22.6. The molecule has 4 N–H and O–H groups in total. The Kier molecular flexibility index (Phi) is 10.7. The number of carbonyl (C=O) groups excluding carboxylic acids is 1. The van der Waals surface area contributed by atoms with Crippen molar-refractivity contribution in [2.45, 2.75) is 38.4 Å². The molecule has 0 aromatic heterocycles. The van der Waals surface area contributed by atoms with Crippen molar-refractivity contribution < 1.29 is 13.6 Å². The normalized spacial score (nSPS) is 15.8. The van der Waals surface area contributed by atoms with Crippen molar-refractivity contribution in [3.63, 3.8) is 0 Å². The van der Waals surface area contributed by atoms with Gasteiger partial charge in [-0.3, -0.25) is 15.1 Å². The molecule has 1 aliphatic heterocycles. The molecule has 5 nitrogen and oxygen atoms in total. The Morgan fingerprint density at radius 2 is 1.87 bits per heavy atom.